The fourth-order valence-corrected chi connectivity index (χ4v) is 2.70. The number of halogens is 2. The van der Waals surface area contributed by atoms with Gasteiger partial charge in [-0.25, -0.2) is 24.0 Å². The Labute approximate surface area is 135 Å². The highest BCUT2D eigenvalue weighted by atomic mass is 35.5. The minimum Gasteiger partial charge on any atom is -0.418 e. The third-order valence-electron chi connectivity index (χ3n) is 3.79. The summed E-state index contributed by atoms with van der Waals surface area (Å²) in [4.78, 5) is 12.3. The van der Waals surface area contributed by atoms with Gasteiger partial charge in [0, 0.05) is 30.1 Å². The number of pyridine rings is 1. The van der Waals surface area contributed by atoms with Crippen LogP contribution in [0.1, 0.15) is 18.9 Å². The molecule has 3 aromatic rings. The Morgan fingerprint density at radius 3 is 2.87 bits per heavy atom. The topological polar surface area (TPSA) is 91.7 Å². The molecule has 1 aliphatic carbocycles. The van der Waals surface area contributed by atoms with Crippen molar-refractivity contribution in [2.45, 2.75) is 25.1 Å². The van der Waals surface area contributed by atoms with Crippen molar-refractivity contribution in [3.8, 4) is 11.8 Å². The first-order valence-electron chi connectivity index (χ1n) is 7.04. The minimum atomic E-state index is -0.808. The number of fused-ring (bicyclic) bond motifs is 1. The van der Waals surface area contributed by atoms with Gasteiger partial charge in [-0.1, -0.05) is 11.6 Å². The van der Waals surface area contributed by atoms with Crippen LogP contribution in [-0.4, -0.2) is 30.9 Å². The quantitative estimate of drug-likeness (QED) is 0.791. The van der Waals surface area contributed by atoms with Crippen molar-refractivity contribution in [2.24, 2.45) is 0 Å². The lowest BCUT2D eigenvalue weighted by Crippen LogP contribution is -2.28. The lowest BCUT2D eigenvalue weighted by molar-refractivity contribution is 0.129. The molecule has 0 aliphatic heterocycles. The average molecular weight is 335 g/mol. The zero-order chi connectivity index (χ0) is 16.0. The Balaban J connectivity index is 1.79. The molecule has 118 valence electrons. The Bertz CT molecular complexity index is 879. The van der Waals surface area contributed by atoms with Crippen LogP contribution < -0.4 is 10.5 Å². The number of hydrogen-bond acceptors (Lipinski definition) is 6. The van der Waals surface area contributed by atoms with Crippen molar-refractivity contribution in [1.29, 1.82) is 0 Å². The Kier molecular flexibility index (Phi) is 3.26. The van der Waals surface area contributed by atoms with Crippen LogP contribution in [0, 0.1) is 0 Å². The summed E-state index contributed by atoms with van der Waals surface area (Å²) in [5, 5.41) is 5.36. The molecule has 0 spiro atoms. The van der Waals surface area contributed by atoms with Crippen LogP contribution in [0.25, 0.3) is 11.0 Å². The first-order valence-corrected chi connectivity index (χ1v) is 7.42. The van der Waals surface area contributed by atoms with E-state index in [1.807, 2.05) is 0 Å². The first-order chi connectivity index (χ1) is 11.1. The minimum absolute atomic E-state index is 0.0635. The number of ether oxygens (including phenoxy) is 1. The predicted octanol–water partition coefficient (Wildman–Crippen LogP) is 2.92. The number of rotatable bonds is 3. The SMILES string of the molecule is Nc1ncnc2c1c(Oc1cc(Cl)ccn1)nn2[C@H]1C[C@H](F)C1. The molecule has 1 fully saturated rings. The summed E-state index contributed by atoms with van der Waals surface area (Å²) in [6.07, 6.45) is 2.86. The van der Waals surface area contributed by atoms with Crippen molar-refractivity contribution in [3.05, 3.63) is 29.7 Å². The summed E-state index contributed by atoms with van der Waals surface area (Å²) >= 11 is 5.93. The lowest BCUT2D eigenvalue weighted by atomic mass is 9.91. The third kappa shape index (κ3) is 2.44. The van der Waals surface area contributed by atoms with Crippen LogP contribution in [0.4, 0.5) is 10.2 Å². The molecule has 23 heavy (non-hydrogen) atoms. The molecule has 0 amide bonds. The Morgan fingerprint density at radius 1 is 1.30 bits per heavy atom. The molecule has 1 saturated carbocycles. The Hall–Kier alpha value is -2.48. The van der Waals surface area contributed by atoms with E-state index in [1.165, 1.54) is 12.5 Å². The largest absolute Gasteiger partial charge is 0.418 e. The van der Waals surface area contributed by atoms with Crippen LogP contribution in [0.15, 0.2) is 24.7 Å². The lowest BCUT2D eigenvalue weighted by Gasteiger charge is -2.29. The smallest absolute Gasteiger partial charge is 0.253 e. The van der Waals surface area contributed by atoms with Gasteiger partial charge in [-0.15, -0.1) is 5.10 Å². The van der Waals surface area contributed by atoms with Crippen LogP contribution in [0.2, 0.25) is 5.02 Å². The molecule has 0 atom stereocenters. The van der Waals surface area contributed by atoms with E-state index in [1.54, 1.807) is 16.8 Å². The molecule has 0 aromatic carbocycles. The third-order valence-corrected chi connectivity index (χ3v) is 4.02. The fraction of sp³-hybridized carbons (Fsp3) is 0.286. The summed E-state index contributed by atoms with van der Waals surface area (Å²) in [5.74, 6) is 0.758. The number of anilines is 1. The summed E-state index contributed by atoms with van der Waals surface area (Å²) in [7, 11) is 0. The zero-order valence-electron chi connectivity index (χ0n) is 11.9. The second kappa shape index (κ2) is 5.31. The van der Waals surface area contributed by atoms with E-state index in [4.69, 9.17) is 22.1 Å². The highest BCUT2D eigenvalue weighted by molar-refractivity contribution is 6.30. The van der Waals surface area contributed by atoms with Gasteiger partial charge >= 0.3 is 0 Å². The number of nitrogen functional groups attached to an aromatic ring is 1. The number of nitrogens with zero attached hydrogens (tertiary/aromatic N) is 5. The molecule has 7 nitrogen and oxygen atoms in total. The predicted molar refractivity (Wildman–Crippen MR) is 82.2 cm³/mol. The van der Waals surface area contributed by atoms with E-state index in [-0.39, 0.29) is 23.6 Å². The standard InChI is InChI=1S/C14H12ClFN6O/c15-7-1-2-18-10(3-7)23-14-11-12(17)19-6-20-13(11)22(21-14)9-4-8(16)5-9/h1-3,6,8-9H,4-5H2,(H2,17,19,20)/t8-,9-. The molecule has 3 aromatic heterocycles. The number of hydrogen-bond donors (Lipinski definition) is 1. The van der Waals surface area contributed by atoms with Gasteiger partial charge in [0.1, 0.15) is 23.7 Å². The van der Waals surface area contributed by atoms with Crippen LogP contribution in [0.5, 0.6) is 11.8 Å². The van der Waals surface area contributed by atoms with E-state index in [2.05, 4.69) is 20.1 Å². The number of aromatic nitrogens is 5. The van der Waals surface area contributed by atoms with Gasteiger partial charge in [0.25, 0.3) is 5.88 Å². The second-order valence-corrected chi connectivity index (χ2v) is 5.78. The van der Waals surface area contributed by atoms with Crippen molar-refractivity contribution < 1.29 is 9.13 Å². The van der Waals surface area contributed by atoms with Gasteiger partial charge in [0.2, 0.25) is 5.88 Å². The highest BCUT2D eigenvalue weighted by Gasteiger charge is 2.34. The van der Waals surface area contributed by atoms with Gasteiger partial charge < -0.3 is 10.5 Å². The monoisotopic (exact) mass is 334 g/mol. The molecule has 3 heterocycles. The molecule has 1 aliphatic rings. The van der Waals surface area contributed by atoms with Crippen LogP contribution in [0.3, 0.4) is 0 Å². The molecule has 0 unspecified atom stereocenters. The highest BCUT2D eigenvalue weighted by Crippen LogP contribution is 2.39. The van der Waals surface area contributed by atoms with Crippen molar-refractivity contribution in [2.75, 3.05) is 5.73 Å². The van der Waals surface area contributed by atoms with Crippen molar-refractivity contribution in [1.82, 2.24) is 24.7 Å². The normalized spacial score (nSPS) is 20.4. The van der Waals surface area contributed by atoms with E-state index >= 15 is 0 Å². The average Bonchev–Trinajstić information content (AvgIpc) is 2.84. The fourth-order valence-electron chi connectivity index (χ4n) is 2.55. The summed E-state index contributed by atoms with van der Waals surface area (Å²) in [6.45, 7) is 0. The second-order valence-electron chi connectivity index (χ2n) is 5.34. The Morgan fingerprint density at radius 2 is 2.13 bits per heavy atom. The van der Waals surface area contributed by atoms with E-state index in [9.17, 15) is 4.39 Å². The van der Waals surface area contributed by atoms with Crippen molar-refractivity contribution >= 4 is 28.5 Å². The van der Waals surface area contributed by atoms with Crippen LogP contribution >= 0.6 is 11.6 Å². The first kappa shape index (κ1) is 14.1. The number of nitrogens with two attached hydrogens (primary N) is 1. The molecule has 9 heteroatoms. The maximum atomic E-state index is 13.2. The molecule has 0 radical (unpaired) electrons. The van der Waals surface area contributed by atoms with E-state index in [0.29, 0.717) is 28.9 Å². The molecular formula is C14H12ClFN6O. The van der Waals surface area contributed by atoms with Gasteiger partial charge in [0.05, 0.1) is 6.04 Å². The summed E-state index contributed by atoms with van der Waals surface area (Å²) in [5.41, 5.74) is 6.46. The maximum absolute atomic E-state index is 13.2. The van der Waals surface area contributed by atoms with Gasteiger partial charge in [-0.2, -0.15) is 0 Å². The van der Waals surface area contributed by atoms with Gasteiger partial charge in [-0.3, -0.25) is 0 Å². The molecular weight excluding hydrogens is 323 g/mol. The number of alkyl halides is 1. The summed E-state index contributed by atoms with van der Waals surface area (Å²) < 4.78 is 20.5. The molecule has 0 saturated heterocycles. The molecule has 4 rings (SSSR count). The van der Waals surface area contributed by atoms with E-state index in [0.717, 1.165) is 0 Å². The van der Waals surface area contributed by atoms with Gasteiger partial charge in [0.15, 0.2) is 5.65 Å². The van der Waals surface area contributed by atoms with Gasteiger partial charge in [-0.05, 0) is 6.07 Å². The molecule has 2 N–H and O–H groups in total. The maximum Gasteiger partial charge on any atom is 0.253 e. The molecule has 0 bridgehead atoms. The van der Waals surface area contributed by atoms with E-state index < -0.39 is 6.17 Å². The van der Waals surface area contributed by atoms with Crippen LogP contribution in [-0.2, 0) is 0 Å². The van der Waals surface area contributed by atoms with Crippen molar-refractivity contribution in [3.63, 3.8) is 0 Å². The summed E-state index contributed by atoms with van der Waals surface area (Å²) in [6, 6.07) is 3.14. The zero-order valence-corrected chi connectivity index (χ0v) is 12.6.